The Kier molecular flexibility index (Phi) is 4.38. The van der Waals surface area contributed by atoms with Crippen molar-refractivity contribution in [2.75, 3.05) is 0 Å². The van der Waals surface area contributed by atoms with E-state index in [2.05, 4.69) is 15.3 Å². The molecular formula is C16H11F2N3OS. The van der Waals surface area contributed by atoms with Gasteiger partial charge in [-0.05, 0) is 23.6 Å². The van der Waals surface area contributed by atoms with Crippen LogP contribution in [0.4, 0.5) is 8.78 Å². The summed E-state index contributed by atoms with van der Waals surface area (Å²) in [4.78, 5) is 21.4. The number of benzene rings is 1. The average molecular weight is 331 g/mol. The number of nitrogens with zero attached hydrogens (tertiary/aromatic N) is 2. The Bertz CT molecular complexity index is 817. The first-order valence-corrected chi connectivity index (χ1v) is 7.60. The van der Waals surface area contributed by atoms with Gasteiger partial charge in [0.15, 0.2) is 0 Å². The molecule has 23 heavy (non-hydrogen) atoms. The van der Waals surface area contributed by atoms with Gasteiger partial charge < -0.3 is 5.32 Å². The van der Waals surface area contributed by atoms with Crippen molar-refractivity contribution < 1.29 is 13.6 Å². The Hall–Kier alpha value is -2.67. The van der Waals surface area contributed by atoms with Crippen molar-refractivity contribution in [1.29, 1.82) is 0 Å². The molecule has 0 atom stereocenters. The minimum atomic E-state index is -0.903. The molecule has 2 aromatic heterocycles. The zero-order valence-electron chi connectivity index (χ0n) is 11.8. The van der Waals surface area contributed by atoms with Crippen LogP contribution in [0, 0.1) is 11.6 Å². The molecule has 3 aromatic rings. The maximum atomic E-state index is 13.6. The maximum absolute atomic E-state index is 13.6. The van der Waals surface area contributed by atoms with E-state index in [4.69, 9.17) is 0 Å². The van der Waals surface area contributed by atoms with Crippen LogP contribution in [0.2, 0.25) is 0 Å². The van der Waals surface area contributed by atoms with E-state index >= 15 is 0 Å². The van der Waals surface area contributed by atoms with Gasteiger partial charge in [0, 0.05) is 12.4 Å². The number of carbonyl (C=O) groups is 1. The highest BCUT2D eigenvalue weighted by atomic mass is 32.1. The molecule has 0 saturated carbocycles. The Morgan fingerprint density at radius 2 is 1.83 bits per heavy atom. The van der Waals surface area contributed by atoms with E-state index in [-0.39, 0.29) is 6.54 Å². The number of halogens is 2. The van der Waals surface area contributed by atoms with Gasteiger partial charge in [-0.25, -0.2) is 8.78 Å². The second-order valence-electron chi connectivity index (χ2n) is 4.61. The smallest absolute Gasteiger partial charge is 0.257 e. The zero-order chi connectivity index (χ0) is 16.2. The number of thiophene rings is 1. The van der Waals surface area contributed by atoms with E-state index in [0.29, 0.717) is 11.4 Å². The van der Waals surface area contributed by atoms with Crippen LogP contribution in [-0.2, 0) is 6.54 Å². The molecule has 0 radical (unpaired) electrons. The minimum Gasteiger partial charge on any atom is -0.346 e. The molecule has 0 fully saturated rings. The lowest BCUT2D eigenvalue weighted by atomic mass is 10.2. The minimum absolute atomic E-state index is 0.0215. The van der Waals surface area contributed by atoms with E-state index < -0.39 is 23.1 Å². The summed E-state index contributed by atoms with van der Waals surface area (Å²) < 4.78 is 27.2. The second kappa shape index (κ2) is 6.62. The van der Waals surface area contributed by atoms with Crippen molar-refractivity contribution in [2.24, 2.45) is 0 Å². The summed E-state index contributed by atoms with van der Waals surface area (Å²) in [5.74, 6) is -2.64. The van der Waals surface area contributed by atoms with E-state index in [1.54, 1.807) is 6.20 Å². The van der Waals surface area contributed by atoms with Crippen molar-refractivity contribution in [3.8, 4) is 10.6 Å². The Balaban J connectivity index is 1.81. The fourth-order valence-corrected chi connectivity index (χ4v) is 2.83. The third-order valence-electron chi connectivity index (χ3n) is 3.13. The van der Waals surface area contributed by atoms with Gasteiger partial charge in [0.2, 0.25) is 0 Å². The Labute approximate surface area is 134 Å². The zero-order valence-corrected chi connectivity index (χ0v) is 12.6. The molecule has 4 nitrogen and oxygen atoms in total. The molecule has 2 heterocycles. The van der Waals surface area contributed by atoms with Crippen molar-refractivity contribution >= 4 is 17.2 Å². The number of nitrogens with one attached hydrogen (secondary N) is 1. The molecule has 0 aliphatic rings. The normalized spacial score (nSPS) is 10.5. The maximum Gasteiger partial charge on any atom is 0.257 e. The van der Waals surface area contributed by atoms with Crippen LogP contribution in [-0.4, -0.2) is 15.9 Å². The number of aromatic nitrogens is 2. The van der Waals surface area contributed by atoms with E-state index in [1.807, 2.05) is 17.5 Å². The summed E-state index contributed by atoms with van der Waals surface area (Å²) in [6, 6.07) is 7.05. The first kappa shape index (κ1) is 15.2. The number of hydrogen-bond donors (Lipinski definition) is 1. The topological polar surface area (TPSA) is 54.9 Å². The van der Waals surface area contributed by atoms with Gasteiger partial charge in [0.1, 0.15) is 22.9 Å². The van der Waals surface area contributed by atoms with Crippen LogP contribution < -0.4 is 5.32 Å². The number of rotatable bonds is 4. The molecule has 0 bridgehead atoms. The van der Waals surface area contributed by atoms with Crippen LogP contribution in [0.1, 0.15) is 16.1 Å². The Morgan fingerprint density at radius 1 is 1.09 bits per heavy atom. The molecule has 3 rings (SSSR count). The largest absolute Gasteiger partial charge is 0.346 e. The summed E-state index contributed by atoms with van der Waals surface area (Å²) in [7, 11) is 0. The molecular weight excluding hydrogens is 320 g/mol. The Morgan fingerprint density at radius 3 is 2.52 bits per heavy atom. The third kappa shape index (κ3) is 3.24. The monoisotopic (exact) mass is 331 g/mol. The van der Waals surface area contributed by atoms with Gasteiger partial charge in [-0.2, -0.15) is 0 Å². The van der Waals surface area contributed by atoms with Crippen molar-refractivity contribution in [3.05, 3.63) is 71.0 Å². The molecule has 0 unspecified atom stereocenters. The van der Waals surface area contributed by atoms with Crippen molar-refractivity contribution in [1.82, 2.24) is 15.3 Å². The van der Waals surface area contributed by atoms with Crippen LogP contribution in [0.3, 0.4) is 0 Å². The number of hydrogen-bond acceptors (Lipinski definition) is 4. The van der Waals surface area contributed by atoms with Crippen LogP contribution in [0.15, 0.2) is 48.1 Å². The molecule has 0 saturated heterocycles. The predicted octanol–water partition coefficient (Wildman–Crippen LogP) is 3.41. The second-order valence-corrected chi connectivity index (χ2v) is 5.56. The fourth-order valence-electron chi connectivity index (χ4n) is 2.08. The average Bonchev–Trinajstić information content (AvgIpc) is 3.07. The summed E-state index contributed by atoms with van der Waals surface area (Å²) in [5.41, 5.74) is 0.561. The number of amides is 1. The fraction of sp³-hybridized carbons (Fsp3) is 0.0625. The van der Waals surface area contributed by atoms with Crippen molar-refractivity contribution in [2.45, 2.75) is 6.54 Å². The summed E-state index contributed by atoms with van der Waals surface area (Å²) in [5, 5.41) is 4.39. The van der Waals surface area contributed by atoms with Crippen molar-refractivity contribution in [3.63, 3.8) is 0 Å². The highest BCUT2D eigenvalue weighted by molar-refractivity contribution is 7.13. The first-order valence-electron chi connectivity index (χ1n) is 6.73. The molecule has 1 aromatic carbocycles. The van der Waals surface area contributed by atoms with Crippen LogP contribution in [0.5, 0.6) is 0 Å². The van der Waals surface area contributed by atoms with Gasteiger partial charge in [-0.1, -0.05) is 12.1 Å². The molecule has 1 N–H and O–H groups in total. The first-order chi connectivity index (χ1) is 11.2. The lowest BCUT2D eigenvalue weighted by Crippen LogP contribution is -2.25. The predicted molar refractivity (Wildman–Crippen MR) is 82.9 cm³/mol. The standard InChI is InChI=1S/C16H11F2N3OS/c17-10-3-1-4-11(18)14(10)16(22)21-9-12-15(20-7-6-19-12)13-5-2-8-23-13/h1-8H,9H2,(H,21,22). The highest BCUT2D eigenvalue weighted by Gasteiger charge is 2.17. The van der Waals surface area contributed by atoms with Gasteiger partial charge in [-0.3, -0.25) is 14.8 Å². The van der Waals surface area contributed by atoms with Gasteiger partial charge in [0.25, 0.3) is 5.91 Å². The van der Waals surface area contributed by atoms with Crippen LogP contribution in [0.25, 0.3) is 10.6 Å². The quantitative estimate of drug-likeness (QED) is 0.797. The third-order valence-corrected chi connectivity index (χ3v) is 4.01. The summed E-state index contributed by atoms with van der Waals surface area (Å²) in [6.07, 6.45) is 3.05. The van der Waals surface area contributed by atoms with Gasteiger partial charge in [-0.15, -0.1) is 11.3 Å². The van der Waals surface area contributed by atoms with Crippen LogP contribution >= 0.6 is 11.3 Å². The van der Waals surface area contributed by atoms with Gasteiger partial charge in [0.05, 0.1) is 17.1 Å². The summed E-state index contributed by atoms with van der Waals surface area (Å²) in [6.45, 7) is 0.0215. The molecule has 0 spiro atoms. The molecule has 0 aliphatic heterocycles. The number of carbonyl (C=O) groups excluding carboxylic acids is 1. The van der Waals surface area contributed by atoms with E-state index in [1.165, 1.54) is 23.6 Å². The van der Waals surface area contributed by atoms with Gasteiger partial charge >= 0.3 is 0 Å². The molecule has 0 aliphatic carbocycles. The van der Waals surface area contributed by atoms with E-state index in [0.717, 1.165) is 17.0 Å². The molecule has 7 heteroatoms. The highest BCUT2D eigenvalue weighted by Crippen LogP contribution is 2.24. The van der Waals surface area contributed by atoms with E-state index in [9.17, 15) is 13.6 Å². The molecule has 116 valence electrons. The lowest BCUT2D eigenvalue weighted by molar-refractivity contribution is 0.0942. The molecule has 1 amide bonds. The lowest BCUT2D eigenvalue weighted by Gasteiger charge is -2.09. The summed E-state index contributed by atoms with van der Waals surface area (Å²) >= 11 is 1.49. The SMILES string of the molecule is O=C(NCc1nccnc1-c1cccs1)c1c(F)cccc1F.